The van der Waals surface area contributed by atoms with Crippen LogP contribution in [0.1, 0.15) is 12.8 Å². The normalized spacial score (nSPS) is 19.5. The van der Waals surface area contributed by atoms with Crippen molar-refractivity contribution < 1.29 is 9.47 Å². The number of imidazole rings is 1. The Balaban J connectivity index is 1.88. The number of H-pyrrole nitrogens is 1. The highest BCUT2D eigenvalue weighted by Crippen LogP contribution is 2.24. The fourth-order valence-electron chi connectivity index (χ4n) is 2.34. The summed E-state index contributed by atoms with van der Waals surface area (Å²) in [5, 5.41) is 0. The molecular weight excluding hydrogens is 232 g/mol. The van der Waals surface area contributed by atoms with E-state index in [1.54, 1.807) is 11.6 Å². The molecule has 0 radical (unpaired) electrons. The van der Waals surface area contributed by atoms with Crippen LogP contribution in [0.15, 0.2) is 23.0 Å². The van der Waals surface area contributed by atoms with Crippen LogP contribution in [-0.4, -0.2) is 28.9 Å². The highest BCUT2D eigenvalue weighted by molar-refractivity contribution is 5.81. The summed E-state index contributed by atoms with van der Waals surface area (Å²) in [5.74, 6) is 0.726. The van der Waals surface area contributed by atoms with Crippen LogP contribution in [0.3, 0.4) is 0 Å². The van der Waals surface area contributed by atoms with E-state index in [0.717, 1.165) is 36.2 Å². The van der Waals surface area contributed by atoms with Crippen LogP contribution in [0, 0.1) is 0 Å². The summed E-state index contributed by atoms with van der Waals surface area (Å²) in [7, 11) is 1.74. The number of ether oxygens (including phenoxy) is 2. The van der Waals surface area contributed by atoms with E-state index in [1.165, 1.54) is 0 Å². The number of aromatic nitrogens is 2. The molecule has 0 saturated carbocycles. The van der Waals surface area contributed by atoms with Crippen molar-refractivity contribution >= 4 is 11.0 Å². The molecule has 0 amide bonds. The standard InChI is InChI=1S/C13H16N2O3/c1-15-12-10(14-13(15)16)5-2-6-11(12)18-8-9-4-3-7-17-9/h2,5-6,9H,3-4,7-8H2,1H3,(H,14,16)/t9-/m0/s1. The molecule has 1 saturated heterocycles. The Bertz CT molecular complexity index is 608. The predicted molar refractivity (Wildman–Crippen MR) is 68.0 cm³/mol. The van der Waals surface area contributed by atoms with Gasteiger partial charge in [-0.15, -0.1) is 0 Å². The Labute approximate surface area is 104 Å². The molecule has 0 spiro atoms. The van der Waals surface area contributed by atoms with Gasteiger partial charge in [0.15, 0.2) is 0 Å². The zero-order chi connectivity index (χ0) is 12.5. The van der Waals surface area contributed by atoms with Gasteiger partial charge in [-0.25, -0.2) is 4.79 Å². The fourth-order valence-corrected chi connectivity index (χ4v) is 2.34. The first-order valence-electron chi connectivity index (χ1n) is 6.18. The lowest BCUT2D eigenvalue weighted by atomic mass is 10.2. The minimum Gasteiger partial charge on any atom is -0.489 e. The first kappa shape index (κ1) is 11.3. The third kappa shape index (κ3) is 1.90. The number of rotatable bonds is 3. The van der Waals surface area contributed by atoms with E-state index in [-0.39, 0.29) is 11.8 Å². The second-order valence-electron chi connectivity index (χ2n) is 4.59. The Hall–Kier alpha value is -1.75. The number of hydrogen-bond donors (Lipinski definition) is 1. The topological polar surface area (TPSA) is 56.2 Å². The van der Waals surface area contributed by atoms with E-state index in [9.17, 15) is 4.79 Å². The van der Waals surface area contributed by atoms with Crippen LogP contribution >= 0.6 is 0 Å². The average Bonchev–Trinajstić information content (AvgIpc) is 2.97. The number of aryl methyl sites for hydroxylation is 1. The third-order valence-corrected chi connectivity index (χ3v) is 3.33. The molecule has 96 valence electrons. The van der Waals surface area contributed by atoms with E-state index in [0.29, 0.717) is 6.61 Å². The molecule has 0 bridgehead atoms. The van der Waals surface area contributed by atoms with E-state index in [1.807, 2.05) is 18.2 Å². The Morgan fingerprint density at radius 1 is 1.56 bits per heavy atom. The fraction of sp³-hybridized carbons (Fsp3) is 0.462. The molecule has 0 unspecified atom stereocenters. The van der Waals surface area contributed by atoms with Gasteiger partial charge in [0.2, 0.25) is 0 Å². The highest BCUT2D eigenvalue weighted by atomic mass is 16.5. The molecule has 0 aliphatic carbocycles. The molecule has 2 aromatic rings. The van der Waals surface area contributed by atoms with Crippen LogP contribution in [0.2, 0.25) is 0 Å². The number of hydrogen-bond acceptors (Lipinski definition) is 3. The summed E-state index contributed by atoms with van der Waals surface area (Å²) in [5.41, 5.74) is 1.48. The lowest BCUT2D eigenvalue weighted by Gasteiger charge is -2.12. The van der Waals surface area contributed by atoms with Gasteiger partial charge >= 0.3 is 5.69 Å². The third-order valence-electron chi connectivity index (χ3n) is 3.33. The van der Waals surface area contributed by atoms with Crippen molar-refractivity contribution in [2.45, 2.75) is 18.9 Å². The van der Waals surface area contributed by atoms with Crippen molar-refractivity contribution in [3.8, 4) is 5.75 Å². The molecular formula is C13H16N2O3. The highest BCUT2D eigenvalue weighted by Gasteiger charge is 2.17. The summed E-state index contributed by atoms with van der Waals surface area (Å²) in [6, 6.07) is 5.63. The van der Waals surface area contributed by atoms with E-state index in [2.05, 4.69) is 4.98 Å². The molecule has 1 aromatic heterocycles. The van der Waals surface area contributed by atoms with E-state index in [4.69, 9.17) is 9.47 Å². The number of benzene rings is 1. The first-order chi connectivity index (χ1) is 8.75. The monoisotopic (exact) mass is 248 g/mol. The second-order valence-corrected chi connectivity index (χ2v) is 4.59. The number of para-hydroxylation sites is 1. The lowest BCUT2D eigenvalue weighted by molar-refractivity contribution is 0.0684. The molecule has 1 N–H and O–H groups in total. The Kier molecular flexibility index (Phi) is 2.83. The van der Waals surface area contributed by atoms with Crippen LogP contribution in [0.5, 0.6) is 5.75 Å². The molecule has 5 heteroatoms. The molecule has 3 rings (SSSR count). The molecule has 1 aromatic carbocycles. The van der Waals surface area contributed by atoms with Crippen molar-refractivity contribution in [2.75, 3.05) is 13.2 Å². The molecule has 18 heavy (non-hydrogen) atoms. The van der Waals surface area contributed by atoms with Gasteiger partial charge in [-0.2, -0.15) is 0 Å². The van der Waals surface area contributed by atoms with Gasteiger partial charge in [-0.1, -0.05) is 6.07 Å². The van der Waals surface area contributed by atoms with Crippen LogP contribution < -0.4 is 10.4 Å². The van der Waals surface area contributed by atoms with Crippen LogP contribution in [-0.2, 0) is 11.8 Å². The molecule has 5 nitrogen and oxygen atoms in total. The maximum atomic E-state index is 11.6. The lowest BCUT2D eigenvalue weighted by Crippen LogP contribution is -2.17. The van der Waals surface area contributed by atoms with Gasteiger partial charge < -0.3 is 14.5 Å². The van der Waals surface area contributed by atoms with Crippen molar-refractivity contribution in [3.05, 3.63) is 28.7 Å². The minimum absolute atomic E-state index is 0.127. The summed E-state index contributed by atoms with van der Waals surface area (Å²) in [4.78, 5) is 14.4. The Morgan fingerprint density at radius 2 is 2.44 bits per heavy atom. The van der Waals surface area contributed by atoms with Crippen molar-refractivity contribution in [1.82, 2.24) is 9.55 Å². The van der Waals surface area contributed by atoms with Gasteiger partial charge in [-0.3, -0.25) is 4.57 Å². The quantitative estimate of drug-likeness (QED) is 0.893. The zero-order valence-corrected chi connectivity index (χ0v) is 10.3. The second kappa shape index (κ2) is 4.49. The maximum Gasteiger partial charge on any atom is 0.326 e. The van der Waals surface area contributed by atoms with Crippen molar-refractivity contribution in [2.24, 2.45) is 7.05 Å². The number of fused-ring (bicyclic) bond motifs is 1. The van der Waals surface area contributed by atoms with Crippen LogP contribution in [0.4, 0.5) is 0 Å². The molecule has 1 fully saturated rings. The molecule has 2 heterocycles. The van der Waals surface area contributed by atoms with E-state index < -0.39 is 0 Å². The van der Waals surface area contributed by atoms with Gasteiger partial charge in [-0.05, 0) is 25.0 Å². The predicted octanol–water partition coefficient (Wildman–Crippen LogP) is 1.42. The van der Waals surface area contributed by atoms with Gasteiger partial charge in [0.1, 0.15) is 17.9 Å². The SMILES string of the molecule is Cn1c(=O)[nH]c2cccc(OC[C@@H]3CCCO3)c21. The Morgan fingerprint density at radius 3 is 3.22 bits per heavy atom. The number of aromatic amines is 1. The van der Waals surface area contributed by atoms with E-state index >= 15 is 0 Å². The largest absolute Gasteiger partial charge is 0.489 e. The number of nitrogens with zero attached hydrogens (tertiary/aromatic N) is 1. The van der Waals surface area contributed by atoms with Gasteiger partial charge in [0.05, 0.1) is 11.6 Å². The smallest absolute Gasteiger partial charge is 0.326 e. The minimum atomic E-state index is -0.127. The number of nitrogens with one attached hydrogen (secondary N) is 1. The molecule has 1 aliphatic heterocycles. The van der Waals surface area contributed by atoms with Crippen LogP contribution in [0.25, 0.3) is 11.0 Å². The first-order valence-corrected chi connectivity index (χ1v) is 6.18. The summed E-state index contributed by atoms with van der Waals surface area (Å²) in [6.45, 7) is 1.36. The van der Waals surface area contributed by atoms with Gasteiger partial charge in [0.25, 0.3) is 0 Å². The molecule has 1 atom stereocenters. The maximum absolute atomic E-state index is 11.6. The van der Waals surface area contributed by atoms with Crippen molar-refractivity contribution in [3.63, 3.8) is 0 Å². The molecule has 1 aliphatic rings. The van der Waals surface area contributed by atoms with Crippen molar-refractivity contribution in [1.29, 1.82) is 0 Å². The summed E-state index contributed by atoms with van der Waals surface area (Å²) < 4.78 is 12.9. The summed E-state index contributed by atoms with van der Waals surface area (Å²) >= 11 is 0. The zero-order valence-electron chi connectivity index (χ0n) is 10.3. The average molecular weight is 248 g/mol. The summed E-state index contributed by atoms with van der Waals surface area (Å²) in [6.07, 6.45) is 2.32. The van der Waals surface area contributed by atoms with Gasteiger partial charge in [0, 0.05) is 13.7 Å².